The number of likely N-dealkylation sites (tertiary alicyclic amines) is 1. The first-order valence-corrected chi connectivity index (χ1v) is 8.70. The molecular weight excluding hydrogens is 319 g/mol. The first kappa shape index (κ1) is 17.6. The Labute approximate surface area is 148 Å². The van der Waals surface area contributed by atoms with Gasteiger partial charge in [0.2, 0.25) is 5.91 Å². The summed E-state index contributed by atoms with van der Waals surface area (Å²) in [6, 6.07) is 6.70. The summed E-state index contributed by atoms with van der Waals surface area (Å²) in [7, 11) is 3.72. The second-order valence-corrected chi connectivity index (χ2v) is 6.92. The summed E-state index contributed by atoms with van der Waals surface area (Å²) in [4.78, 5) is 16.8. The lowest BCUT2D eigenvalue weighted by Gasteiger charge is -2.34. The molecule has 2 aromatic rings. The predicted octanol–water partition coefficient (Wildman–Crippen LogP) is 2.43. The molecule has 1 aromatic carbocycles. The monoisotopic (exact) mass is 344 g/mol. The third-order valence-corrected chi connectivity index (χ3v) is 4.70. The summed E-state index contributed by atoms with van der Waals surface area (Å²) < 4.78 is 15.1. The summed E-state index contributed by atoms with van der Waals surface area (Å²) in [5.41, 5.74) is 1.99. The second-order valence-electron chi connectivity index (χ2n) is 6.92. The van der Waals surface area contributed by atoms with Gasteiger partial charge in [-0.3, -0.25) is 14.4 Å². The molecule has 0 bridgehead atoms. The Morgan fingerprint density at radius 1 is 1.40 bits per heavy atom. The molecule has 0 spiro atoms. The SMILES string of the molecule is CN(Cc1cnn(C)c1)C(=O)[C@@H]1CCCN(Cc2cccc(F)c2)C1. The quantitative estimate of drug-likeness (QED) is 0.836. The second kappa shape index (κ2) is 7.78. The molecule has 134 valence electrons. The molecule has 0 N–H and O–H groups in total. The zero-order valence-electron chi connectivity index (χ0n) is 14.9. The minimum absolute atomic E-state index is 0.00369. The van der Waals surface area contributed by atoms with Crippen LogP contribution in [0.4, 0.5) is 4.39 Å². The number of nitrogens with zero attached hydrogens (tertiary/aromatic N) is 4. The number of aryl methyl sites for hydroxylation is 1. The highest BCUT2D eigenvalue weighted by atomic mass is 19.1. The van der Waals surface area contributed by atoms with Crippen LogP contribution in [0.1, 0.15) is 24.0 Å². The number of carbonyl (C=O) groups excluding carboxylic acids is 1. The molecule has 1 saturated heterocycles. The van der Waals surface area contributed by atoms with Gasteiger partial charge in [0.15, 0.2) is 0 Å². The third kappa shape index (κ3) is 4.66. The number of carbonyl (C=O) groups is 1. The largest absolute Gasteiger partial charge is 0.341 e. The molecule has 0 aliphatic carbocycles. The minimum atomic E-state index is -0.210. The topological polar surface area (TPSA) is 41.4 Å². The summed E-state index contributed by atoms with van der Waals surface area (Å²) in [6.07, 6.45) is 5.63. The van der Waals surface area contributed by atoms with Gasteiger partial charge in [-0.25, -0.2) is 4.39 Å². The zero-order valence-corrected chi connectivity index (χ0v) is 14.9. The van der Waals surface area contributed by atoms with Crippen LogP contribution in [0.15, 0.2) is 36.7 Å². The average Bonchev–Trinajstić information content (AvgIpc) is 2.99. The van der Waals surface area contributed by atoms with Gasteiger partial charge in [-0.15, -0.1) is 0 Å². The first-order valence-electron chi connectivity index (χ1n) is 8.70. The Hall–Kier alpha value is -2.21. The van der Waals surface area contributed by atoms with Gasteiger partial charge in [0.25, 0.3) is 0 Å². The predicted molar refractivity (Wildman–Crippen MR) is 94.1 cm³/mol. The van der Waals surface area contributed by atoms with Crippen molar-refractivity contribution in [3.63, 3.8) is 0 Å². The van der Waals surface area contributed by atoms with Crippen LogP contribution in [0.3, 0.4) is 0 Å². The van der Waals surface area contributed by atoms with Crippen molar-refractivity contribution in [2.24, 2.45) is 13.0 Å². The van der Waals surface area contributed by atoms with Crippen LogP contribution in [-0.4, -0.2) is 45.6 Å². The minimum Gasteiger partial charge on any atom is -0.341 e. The van der Waals surface area contributed by atoms with E-state index in [1.807, 2.05) is 26.4 Å². The van der Waals surface area contributed by atoms with E-state index in [0.717, 1.165) is 37.1 Å². The maximum Gasteiger partial charge on any atom is 0.227 e. The van der Waals surface area contributed by atoms with E-state index in [1.54, 1.807) is 27.9 Å². The Balaban J connectivity index is 1.57. The highest BCUT2D eigenvalue weighted by Crippen LogP contribution is 2.21. The molecule has 3 rings (SSSR count). The van der Waals surface area contributed by atoms with Crippen LogP contribution in [0, 0.1) is 11.7 Å². The van der Waals surface area contributed by atoms with Crippen molar-refractivity contribution in [3.8, 4) is 0 Å². The average molecular weight is 344 g/mol. The van der Waals surface area contributed by atoms with Crippen molar-refractivity contribution in [2.45, 2.75) is 25.9 Å². The summed E-state index contributed by atoms with van der Waals surface area (Å²) in [6.45, 7) is 2.94. The fourth-order valence-electron chi connectivity index (χ4n) is 3.51. The smallest absolute Gasteiger partial charge is 0.227 e. The normalized spacial score (nSPS) is 18.3. The maximum absolute atomic E-state index is 13.4. The van der Waals surface area contributed by atoms with Gasteiger partial charge in [0.05, 0.1) is 12.1 Å². The number of hydrogen-bond acceptors (Lipinski definition) is 3. The molecule has 5 nitrogen and oxygen atoms in total. The van der Waals surface area contributed by atoms with E-state index in [4.69, 9.17) is 0 Å². The van der Waals surface area contributed by atoms with E-state index in [2.05, 4.69) is 10.00 Å². The highest BCUT2D eigenvalue weighted by molar-refractivity contribution is 5.78. The van der Waals surface area contributed by atoms with Gasteiger partial charge in [-0.05, 0) is 37.1 Å². The van der Waals surface area contributed by atoms with Gasteiger partial charge in [0, 0.05) is 45.5 Å². The first-order chi connectivity index (χ1) is 12.0. The van der Waals surface area contributed by atoms with E-state index in [9.17, 15) is 9.18 Å². The van der Waals surface area contributed by atoms with E-state index in [-0.39, 0.29) is 17.6 Å². The molecule has 6 heteroatoms. The molecule has 2 heterocycles. The van der Waals surface area contributed by atoms with Crippen LogP contribution < -0.4 is 0 Å². The number of piperidine rings is 1. The lowest BCUT2D eigenvalue weighted by atomic mass is 9.96. The summed E-state index contributed by atoms with van der Waals surface area (Å²) >= 11 is 0. The lowest BCUT2D eigenvalue weighted by molar-refractivity contribution is -0.136. The number of rotatable bonds is 5. The molecule has 0 unspecified atom stereocenters. The van der Waals surface area contributed by atoms with Crippen molar-refractivity contribution >= 4 is 5.91 Å². The number of benzene rings is 1. The van der Waals surface area contributed by atoms with Crippen molar-refractivity contribution in [1.82, 2.24) is 19.6 Å². The molecule has 0 saturated carbocycles. The van der Waals surface area contributed by atoms with Crippen LogP contribution in [0.25, 0.3) is 0 Å². The molecule has 1 aromatic heterocycles. The molecule has 1 atom stereocenters. The Kier molecular flexibility index (Phi) is 5.48. The van der Waals surface area contributed by atoms with Crippen LogP contribution >= 0.6 is 0 Å². The molecule has 25 heavy (non-hydrogen) atoms. The van der Waals surface area contributed by atoms with E-state index >= 15 is 0 Å². The summed E-state index contributed by atoms with van der Waals surface area (Å²) in [5.74, 6) is -0.0323. The van der Waals surface area contributed by atoms with E-state index in [1.165, 1.54) is 6.07 Å². The number of hydrogen-bond donors (Lipinski definition) is 0. The zero-order chi connectivity index (χ0) is 17.8. The van der Waals surface area contributed by atoms with Gasteiger partial charge in [-0.1, -0.05) is 12.1 Å². The van der Waals surface area contributed by atoms with Crippen molar-refractivity contribution in [2.75, 3.05) is 20.1 Å². The Morgan fingerprint density at radius 3 is 2.96 bits per heavy atom. The van der Waals surface area contributed by atoms with Gasteiger partial charge < -0.3 is 4.90 Å². The molecule has 0 radical (unpaired) electrons. The molecular formula is C19H25FN4O. The van der Waals surface area contributed by atoms with Crippen molar-refractivity contribution in [1.29, 1.82) is 0 Å². The Morgan fingerprint density at radius 2 is 2.24 bits per heavy atom. The maximum atomic E-state index is 13.4. The Bertz CT molecular complexity index is 730. The highest BCUT2D eigenvalue weighted by Gasteiger charge is 2.28. The van der Waals surface area contributed by atoms with Gasteiger partial charge in [0.1, 0.15) is 5.82 Å². The van der Waals surface area contributed by atoms with Crippen LogP contribution in [0.5, 0.6) is 0 Å². The number of amides is 1. The fourth-order valence-corrected chi connectivity index (χ4v) is 3.51. The molecule has 1 fully saturated rings. The summed E-state index contributed by atoms with van der Waals surface area (Å²) in [5, 5.41) is 4.15. The standard InChI is InChI=1S/C19H25FN4O/c1-22(11-16-10-21-23(2)12-16)19(25)17-6-4-8-24(14-17)13-15-5-3-7-18(20)9-15/h3,5,7,9-10,12,17H,4,6,8,11,13-14H2,1-2H3/t17-/m1/s1. The van der Waals surface area contributed by atoms with Crippen LogP contribution in [0.2, 0.25) is 0 Å². The van der Waals surface area contributed by atoms with Gasteiger partial charge in [-0.2, -0.15) is 5.10 Å². The molecule has 1 amide bonds. The van der Waals surface area contributed by atoms with Gasteiger partial charge >= 0.3 is 0 Å². The van der Waals surface area contributed by atoms with Crippen LogP contribution in [-0.2, 0) is 24.9 Å². The van der Waals surface area contributed by atoms with E-state index in [0.29, 0.717) is 13.1 Å². The lowest BCUT2D eigenvalue weighted by Crippen LogP contribution is -2.43. The molecule has 1 aliphatic rings. The van der Waals surface area contributed by atoms with Crippen molar-refractivity contribution in [3.05, 3.63) is 53.6 Å². The van der Waals surface area contributed by atoms with E-state index < -0.39 is 0 Å². The molecule has 1 aliphatic heterocycles. The van der Waals surface area contributed by atoms with Crippen molar-refractivity contribution < 1.29 is 9.18 Å². The number of aromatic nitrogens is 2. The fraction of sp³-hybridized carbons (Fsp3) is 0.474. The number of halogens is 1. The third-order valence-electron chi connectivity index (χ3n) is 4.70.